The summed E-state index contributed by atoms with van der Waals surface area (Å²) < 4.78 is 39.1. The summed E-state index contributed by atoms with van der Waals surface area (Å²) in [6, 6.07) is 4.18. The van der Waals surface area contributed by atoms with Gasteiger partial charge in [0.2, 0.25) is 5.88 Å². The zero-order valence-corrected chi connectivity index (χ0v) is 15.9. The molecule has 0 amide bonds. The average molecular weight is 375 g/mol. The molecule has 1 aromatic carbocycles. The summed E-state index contributed by atoms with van der Waals surface area (Å²) in [4.78, 5) is 15.9. The number of hydrogen-bond donors (Lipinski definition) is 0. The Morgan fingerprint density at radius 2 is 1.89 bits per heavy atom. The molecule has 2 aromatic rings. The molecule has 0 aliphatic heterocycles. The second kappa shape index (κ2) is 7.25. The number of rotatable bonds is 4. The number of methoxy groups -OCH3 is 2. The highest BCUT2D eigenvalue weighted by Crippen LogP contribution is 2.51. The SMILES string of the molecule is COC(=O)c1cc([C@H]2CCCC2(C)C)c(-c2cc(OC)ncc2F)cc1F. The third kappa shape index (κ3) is 3.53. The molecule has 0 unspecified atom stereocenters. The maximum Gasteiger partial charge on any atom is 0.340 e. The largest absolute Gasteiger partial charge is 0.481 e. The molecule has 144 valence electrons. The second-order valence-electron chi connectivity index (χ2n) is 7.55. The molecule has 1 aromatic heterocycles. The van der Waals surface area contributed by atoms with Gasteiger partial charge in [-0.15, -0.1) is 0 Å². The minimum Gasteiger partial charge on any atom is -0.481 e. The van der Waals surface area contributed by atoms with Crippen molar-refractivity contribution in [2.24, 2.45) is 5.41 Å². The number of ether oxygens (including phenoxy) is 2. The van der Waals surface area contributed by atoms with Crippen LogP contribution in [-0.2, 0) is 4.74 Å². The summed E-state index contributed by atoms with van der Waals surface area (Å²) in [6.07, 6.45) is 3.97. The van der Waals surface area contributed by atoms with Gasteiger partial charge in [0.25, 0.3) is 0 Å². The van der Waals surface area contributed by atoms with Crippen molar-refractivity contribution in [3.63, 3.8) is 0 Å². The zero-order valence-electron chi connectivity index (χ0n) is 15.9. The normalized spacial score (nSPS) is 18.4. The summed E-state index contributed by atoms with van der Waals surface area (Å²) >= 11 is 0. The predicted octanol–water partition coefficient (Wildman–Crippen LogP) is 5.12. The van der Waals surface area contributed by atoms with Crippen molar-refractivity contribution in [2.45, 2.75) is 39.0 Å². The Morgan fingerprint density at radius 1 is 1.15 bits per heavy atom. The standard InChI is InChI=1S/C21H23F2NO3/c1-21(2)7-5-6-16(21)13-8-15(20(25)27-4)17(22)9-12(13)14-10-19(26-3)24-11-18(14)23/h8-11,16H,5-7H2,1-4H3/t16-/m1/s1. The van der Waals surface area contributed by atoms with Gasteiger partial charge in [0.15, 0.2) is 0 Å². The topological polar surface area (TPSA) is 48.4 Å². The molecule has 0 bridgehead atoms. The van der Waals surface area contributed by atoms with E-state index in [9.17, 15) is 13.6 Å². The van der Waals surface area contributed by atoms with E-state index < -0.39 is 17.6 Å². The van der Waals surface area contributed by atoms with Crippen LogP contribution in [0.25, 0.3) is 11.1 Å². The van der Waals surface area contributed by atoms with Crippen molar-refractivity contribution in [3.05, 3.63) is 47.2 Å². The van der Waals surface area contributed by atoms with Gasteiger partial charge in [0.05, 0.1) is 26.0 Å². The van der Waals surface area contributed by atoms with Gasteiger partial charge in [-0.05, 0) is 47.4 Å². The Bertz CT molecular complexity index is 880. The molecule has 1 heterocycles. The van der Waals surface area contributed by atoms with Crippen molar-refractivity contribution in [3.8, 4) is 17.0 Å². The highest BCUT2D eigenvalue weighted by molar-refractivity contribution is 5.91. The lowest BCUT2D eigenvalue weighted by atomic mass is 9.75. The molecule has 0 spiro atoms. The zero-order chi connectivity index (χ0) is 19.8. The second-order valence-corrected chi connectivity index (χ2v) is 7.55. The maximum atomic E-state index is 14.7. The molecule has 27 heavy (non-hydrogen) atoms. The lowest BCUT2D eigenvalue weighted by Crippen LogP contribution is -2.18. The van der Waals surface area contributed by atoms with Gasteiger partial charge in [0, 0.05) is 11.6 Å². The van der Waals surface area contributed by atoms with Crippen LogP contribution >= 0.6 is 0 Å². The molecule has 4 nitrogen and oxygen atoms in total. The molecule has 0 N–H and O–H groups in total. The molecular formula is C21H23F2NO3. The van der Waals surface area contributed by atoms with Gasteiger partial charge in [-0.25, -0.2) is 18.6 Å². The van der Waals surface area contributed by atoms with E-state index >= 15 is 0 Å². The van der Waals surface area contributed by atoms with E-state index in [2.05, 4.69) is 18.8 Å². The first-order chi connectivity index (χ1) is 12.8. The Hall–Kier alpha value is -2.50. The molecule has 1 fully saturated rings. The van der Waals surface area contributed by atoms with Gasteiger partial charge < -0.3 is 9.47 Å². The number of nitrogens with zero attached hydrogens (tertiary/aromatic N) is 1. The average Bonchev–Trinajstić information content (AvgIpc) is 3.00. The lowest BCUT2D eigenvalue weighted by Gasteiger charge is -2.29. The summed E-state index contributed by atoms with van der Waals surface area (Å²) in [7, 11) is 2.65. The number of carbonyl (C=O) groups is 1. The van der Waals surface area contributed by atoms with Gasteiger partial charge in [-0.3, -0.25) is 0 Å². The van der Waals surface area contributed by atoms with E-state index in [1.165, 1.54) is 32.4 Å². The molecule has 6 heteroatoms. The number of benzene rings is 1. The number of hydrogen-bond acceptors (Lipinski definition) is 4. The maximum absolute atomic E-state index is 14.7. The molecular weight excluding hydrogens is 352 g/mol. The number of aromatic nitrogens is 1. The number of halogens is 2. The molecule has 1 aliphatic rings. The summed E-state index contributed by atoms with van der Waals surface area (Å²) in [5.74, 6) is -1.76. The van der Waals surface area contributed by atoms with E-state index in [1.54, 1.807) is 0 Å². The van der Waals surface area contributed by atoms with E-state index in [0.717, 1.165) is 31.0 Å². The Morgan fingerprint density at radius 3 is 2.48 bits per heavy atom. The summed E-state index contributed by atoms with van der Waals surface area (Å²) in [5.41, 5.74) is 1.17. The summed E-state index contributed by atoms with van der Waals surface area (Å²) in [5, 5.41) is 0. The quantitative estimate of drug-likeness (QED) is 0.696. The van der Waals surface area contributed by atoms with Crippen LogP contribution in [0.2, 0.25) is 0 Å². The minimum absolute atomic E-state index is 0.0481. The lowest BCUT2D eigenvalue weighted by molar-refractivity contribution is 0.0595. The molecule has 0 radical (unpaired) electrons. The van der Waals surface area contributed by atoms with Crippen molar-refractivity contribution in [1.82, 2.24) is 4.98 Å². The van der Waals surface area contributed by atoms with Crippen molar-refractivity contribution in [2.75, 3.05) is 14.2 Å². The first-order valence-corrected chi connectivity index (χ1v) is 8.90. The van der Waals surface area contributed by atoms with Crippen LogP contribution < -0.4 is 4.74 Å². The fourth-order valence-electron chi connectivity index (χ4n) is 4.02. The number of esters is 1. The summed E-state index contributed by atoms with van der Waals surface area (Å²) in [6.45, 7) is 4.28. The van der Waals surface area contributed by atoms with E-state index in [-0.39, 0.29) is 28.3 Å². The van der Waals surface area contributed by atoms with Crippen LogP contribution in [0.3, 0.4) is 0 Å². The monoisotopic (exact) mass is 375 g/mol. The van der Waals surface area contributed by atoms with E-state index in [0.29, 0.717) is 5.56 Å². The van der Waals surface area contributed by atoms with Crippen LogP contribution in [0.15, 0.2) is 24.4 Å². The third-order valence-electron chi connectivity index (χ3n) is 5.51. The molecule has 3 rings (SSSR count). The first kappa shape index (κ1) is 19.3. The smallest absolute Gasteiger partial charge is 0.340 e. The van der Waals surface area contributed by atoms with Gasteiger partial charge in [0.1, 0.15) is 11.6 Å². The van der Waals surface area contributed by atoms with Gasteiger partial charge >= 0.3 is 5.97 Å². The number of pyridine rings is 1. The highest BCUT2D eigenvalue weighted by Gasteiger charge is 2.38. The van der Waals surface area contributed by atoms with E-state index in [1.807, 2.05) is 0 Å². The van der Waals surface area contributed by atoms with E-state index in [4.69, 9.17) is 9.47 Å². The Labute approximate surface area is 157 Å². The molecule has 1 atom stereocenters. The van der Waals surface area contributed by atoms with Crippen LogP contribution in [0.1, 0.15) is 54.9 Å². The first-order valence-electron chi connectivity index (χ1n) is 8.90. The number of carbonyl (C=O) groups excluding carboxylic acids is 1. The van der Waals surface area contributed by atoms with Crippen molar-refractivity contribution in [1.29, 1.82) is 0 Å². The van der Waals surface area contributed by atoms with Crippen LogP contribution in [-0.4, -0.2) is 25.2 Å². The minimum atomic E-state index is -0.746. The predicted molar refractivity (Wildman–Crippen MR) is 97.9 cm³/mol. The Kier molecular flexibility index (Phi) is 5.18. The van der Waals surface area contributed by atoms with Crippen LogP contribution in [0, 0.1) is 17.0 Å². The third-order valence-corrected chi connectivity index (χ3v) is 5.51. The fourth-order valence-corrected chi connectivity index (χ4v) is 4.02. The van der Waals surface area contributed by atoms with Crippen molar-refractivity contribution >= 4 is 5.97 Å². The molecule has 1 saturated carbocycles. The Balaban J connectivity index is 2.27. The molecule has 0 saturated heterocycles. The van der Waals surface area contributed by atoms with Crippen molar-refractivity contribution < 1.29 is 23.0 Å². The fraction of sp³-hybridized carbons (Fsp3) is 0.429. The van der Waals surface area contributed by atoms with Gasteiger partial charge in [-0.1, -0.05) is 20.3 Å². The van der Waals surface area contributed by atoms with Crippen LogP contribution in [0.4, 0.5) is 8.78 Å². The van der Waals surface area contributed by atoms with Gasteiger partial charge in [-0.2, -0.15) is 0 Å². The molecule has 1 aliphatic carbocycles. The highest BCUT2D eigenvalue weighted by atomic mass is 19.1. The van der Waals surface area contributed by atoms with Crippen LogP contribution in [0.5, 0.6) is 5.88 Å².